The van der Waals surface area contributed by atoms with E-state index in [0.717, 1.165) is 0 Å². The van der Waals surface area contributed by atoms with Crippen molar-refractivity contribution < 1.29 is 16.5 Å². The zero-order chi connectivity index (χ0) is 19.5. The summed E-state index contributed by atoms with van der Waals surface area (Å²) >= 11 is 0. The van der Waals surface area contributed by atoms with Crippen LogP contribution in [0.3, 0.4) is 0 Å². The molecule has 0 saturated heterocycles. The molecule has 0 radical (unpaired) electrons. The molecule has 0 spiro atoms. The first-order valence-corrected chi connectivity index (χ1v) is 23.0. The molecule has 0 saturated carbocycles. The summed E-state index contributed by atoms with van der Waals surface area (Å²) in [6.45, 7) is 21.7. The molecule has 0 heterocycles. The zero-order valence-corrected chi connectivity index (χ0v) is 22.8. The average molecular weight is 433 g/mol. The lowest BCUT2D eigenvalue weighted by Crippen LogP contribution is -2.62. The molecule has 0 aliphatic heterocycles. The molecule has 1 aromatic rings. The first kappa shape index (κ1) is 23.2. The second-order valence-electron chi connectivity index (χ2n) is 8.94. The van der Waals surface area contributed by atoms with Gasteiger partial charge < -0.3 is 16.5 Å². The maximum absolute atomic E-state index is 6.71. The van der Waals surface area contributed by atoms with Gasteiger partial charge in [0.25, 0.3) is 9.28 Å². The molecule has 1 rings (SSSR count). The third-order valence-electron chi connectivity index (χ3n) is 3.21. The maximum Gasteiger partial charge on any atom is 0.350 e. The van der Waals surface area contributed by atoms with E-state index in [4.69, 9.17) is 16.5 Å². The fourth-order valence-electron chi connectivity index (χ4n) is 2.88. The maximum atomic E-state index is 6.71. The van der Waals surface area contributed by atoms with Gasteiger partial charge in [-0.2, -0.15) is 0 Å². The van der Waals surface area contributed by atoms with Crippen LogP contribution in [-0.4, -0.2) is 43.0 Å². The normalized spacial score (nSPS) is 17.2. The highest BCUT2D eigenvalue weighted by Gasteiger charge is 2.45. The van der Waals surface area contributed by atoms with Gasteiger partial charge in [-0.05, 0) is 70.7 Å². The highest BCUT2D eigenvalue weighted by Crippen LogP contribution is 2.22. The van der Waals surface area contributed by atoms with Gasteiger partial charge in [0.15, 0.2) is 16.6 Å². The highest BCUT2D eigenvalue weighted by molar-refractivity contribution is 6.94. The Hall–Kier alpha value is 0.144. The van der Waals surface area contributed by atoms with Gasteiger partial charge in [-0.1, -0.05) is 30.3 Å². The van der Waals surface area contributed by atoms with E-state index in [9.17, 15) is 0 Å². The van der Waals surface area contributed by atoms with Crippen molar-refractivity contribution >= 4 is 48.2 Å². The molecule has 0 aliphatic carbocycles. The molecule has 2 atom stereocenters. The van der Waals surface area contributed by atoms with Gasteiger partial charge in [0.1, 0.15) is 0 Å². The van der Waals surface area contributed by atoms with Crippen LogP contribution in [-0.2, 0) is 16.5 Å². The Morgan fingerprint density at radius 2 is 1.20 bits per heavy atom. The Morgan fingerprint density at radius 3 is 1.64 bits per heavy atom. The summed E-state index contributed by atoms with van der Waals surface area (Å²) in [5.41, 5.74) is 0. The first-order chi connectivity index (χ1) is 11.1. The average Bonchev–Trinajstić information content (AvgIpc) is 2.33. The Bertz CT molecular complexity index is 542. The predicted molar refractivity (Wildman–Crippen MR) is 119 cm³/mol. The van der Waals surface area contributed by atoms with E-state index in [0.29, 0.717) is 0 Å². The Morgan fingerprint density at radius 1 is 0.680 bits per heavy atom. The van der Waals surface area contributed by atoms with Crippen molar-refractivity contribution in [3.05, 3.63) is 30.3 Å². The Labute approximate surface area is 160 Å². The van der Waals surface area contributed by atoms with Gasteiger partial charge in [-0.15, -0.1) is 0 Å². The molecule has 144 valence electrons. The van der Waals surface area contributed by atoms with Gasteiger partial charge in [-0.3, -0.25) is 0 Å². The molecule has 1 aromatic carbocycles. The molecule has 0 fully saturated rings. The Kier molecular flexibility index (Phi) is 7.83. The molecular formula is C16H36O4Si5. The van der Waals surface area contributed by atoms with Crippen molar-refractivity contribution in [2.24, 2.45) is 0 Å². The van der Waals surface area contributed by atoms with Crippen molar-refractivity contribution in [3.63, 3.8) is 0 Å². The van der Waals surface area contributed by atoms with Crippen LogP contribution in [0.25, 0.3) is 0 Å². The SMILES string of the molecule is C[SiH](O[Si](C)(C)C)O[Si](C)(C)O[Si](C)(O[Si](C)(C)C)c1ccccc1. The van der Waals surface area contributed by atoms with Crippen molar-refractivity contribution in [2.75, 3.05) is 0 Å². The summed E-state index contributed by atoms with van der Waals surface area (Å²) in [6.07, 6.45) is 0. The van der Waals surface area contributed by atoms with Gasteiger partial charge in [-0.25, -0.2) is 0 Å². The van der Waals surface area contributed by atoms with E-state index < -0.39 is 43.0 Å². The van der Waals surface area contributed by atoms with E-state index >= 15 is 0 Å². The minimum Gasteiger partial charge on any atom is -0.439 e. The van der Waals surface area contributed by atoms with Crippen LogP contribution in [0, 0.1) is 0 Å². The monoisotopic (exact) mass is 432 g/mol. The third-order valence-corrected chi connectivity index (χ3v) is 19.9. The summed E-state index contributed by atoms with van der Waals surface area (Å²) in [4.78, 5) is 0. The van der Waals surface area contributed by atoms with Crippen LogP contribution in [0.15, 0.2) is 30.3 Å². The molecule has 25 heavy (non-hydrogen) atoms. The van der Waals surface area contributed by atoms with Crippen molar-refractivity contribution in [1.82, 2.24) is 0 Å². The van der Waals surface area contributed by atoms with Crippen LogP contribution < -0.4 is 5.19 Å². The smallest absolute Gasteiger partial charge is 0.350 e. The summed E-state index contributed by atoms with van der Waals surface area (Å²) < 4.78 is 25.9. The van der Waals surface area contributed by atoms with Gasteiger partial charge in [0.05, 0.1) is 0 Å². The first-order valence-electron chi connectivity index (χ1n) is 8.93. The molecule has 9 heteroatoms. The van der Waals surface area contributed by atoms with Crippen LogP contribution >= 0.6 is 0 Å². The second-order valence-corrected chi connectivity index (χ2v) is 27.3. The van der Waals surface area contributed by atoms with Crippen LogP contribution in [0.2, 0.25) is 65.5 Å². The summed E-state index contributed by atoms with van der Waals surface area (Å²) in [7, 11) is -9.98. The summed E-state index contributed by atoms with van der Waals surface area (Å²) in [5.74, 6) is 0. The molecule has 0 N–H and O–H groups in total. The second kappa shape index (κ2) is 8.44. The van der Waals surface area contributed by atoms with Gasteiger partial charge >= 0.3 is 17.1 Å². The number of hydrogen-bond acceptors (Lipinski definition) is 4. The molecule has 0 aliphatic rings. The van der Waals surface area contributed by atoms with E-state index in [-0.39, 0.29) is 0 Å². The standard InChI is InChI=1S/C16H36O4Si5/c1-21(17-22(2,3)4)18-24(8,9)20-25(10,19-23(5,6)7)16-14-12-11-13-15-16/h11-15,21H,1-10H3. The minimum atomic E-state index is -2.55. The van der Waals surface area contributed by atoms with Gasteiger partial charge in [0, 0.05) is 0 Å². The minimum absolute atomic E-state index is 1.17. The lowest BCUT2D eigenvalue weighted by Gasteiger charge is -2.40. The molecule has 4 nitrogen and oxygen atoms in total. The fraction of sp³-hybridized carbons (Fsp3) is 0.625. The predicted octanol–water partition coefficient (Wildman–Crippen LogP) is 4.25. The fourth-order valence-corrected chi connectivity index (χ4v) is 22.0. The van der Waals surface area contributed by atoms with E-state index in [1.165, 1.54) is 5.19 Å². The third kappa shape index (κ3) is 9.06. The molecular weight excluding hydrogens is 397 g/mol. The molecule has 0 aromatic heterocycles. The number of rotatable bonds is 9. The lowest BCUT2D eigenvalue weighted by atomic mass is 10.4. The van der Waals surface area contributed by atoms with Crippen LogP contribution in [0.4, 0.5) is 0 Å². The van der Waals surface area contributed by atoms with E-state index in [1.807, 2.05) is 6.07 Å². The summed E-state index contributed by atoms with van der Waals surface area (Å²) in [5, 5.41) is 1.17. The quantitative estimate of drug-likeness (QED) is 0.546. The van der Waals surface area contributed by atoms with Gasteiger partial charge in [0.2, 0.25) is 0 Å². The van der Waals surface area contributed by atoms with E-state index in [1.54, 1.807) is 0 Å². The number of benzene rings is 1. The lowest BCUT2D eigenvalue weighted by molar-refractivity contribution is 0.317. The number of hydrogen-bond donors (Lipinski definition) is 0. The Balaban J connectivity index is 3.00. The molecule has 2 unspecified atom stereocenters. The topological polar surface area (TPSA) is 36.9 Å². The van der Waals surface area contributed by atoms with Crippen LogP contribution in [0.1, 0.15) is 0 Å². The van der Waals surface area contributed by atoms with Crippen molar-refractivity contribution in [1.29, 1.82) is 0 Å². The van der Waals surface area contributed by atoms with Crippen molar-refractivity contribution in [2.45, 2.75) is 65.5 Å². The van der Waals surface area contributed by atoms with E-state index in [2.05, 4.69) is 89.7 Å². The highest BCUT2D eigenvalue weighted by atomic mass is 28.5. The summed E-state index contributed by atoms with van der Waals surface area (Å²) in [6, 6.07) is 10.4. The van der Waals surface area contributed by atoms with Crippen molar-refractivity contribution in [3.8, 4) is 0 Å². The largest absolute Gasteiger partial charge is 0.439 e. The molecule has 0 bridgehead atoms. The molecule has 0 amide bonds. The van der Waals surface area contributed by atoms with Crippen LogP contribution in [0.5, 0.6) is 0 Å². The zero-order valence-electron chi connectivity index (χ0n) is 17.6.